The largest absolute Gasteiger partial charge is 0.492 e. The van der Waals surface area contributed by atoms with Gasteiger partial charge in [0.1, 0.15) is 23.7 Å². The summed E-state index contributed by atoms with van der Waals surface area (Å²) in [6.07, 6.45) is 0. The molecule has 0 radical (unpaired) electrons. The number of amides is 1. The molecule has 3 aromatic rings. The lowest BCUT2D eigenvalue weighted by Crippen LogP contribution is -2.39. The van der Waals surface area contributed by atoms with Crippen molar-refractivity contribution in [1.82, 2.24) is 10.2 Å². The maximum atomic E-state index is 12.3. The molecule has 142 valence electrons. The minimum atomic E-state index is -0.0172. The van der Waals surface area contributed by atoms with Gasteiger partial charge in [-0.15, -0.1) is 0 Å². The summed E-state index contributed by atoms with van der Waals surface area (Å²) in [5, 5.41) is 4.00. The van der Waals surface area contributed by atoms with E-state index < -0.39 is 0 Å². The number of rotatable bonds is 9. The average Bonchev–Trinajstić information content (AvgIpc) is 3.14. The Hall–Kier alpha value is -2.79. The van der Waals surface area contributed by atoms with Gasteiger partial charge in [-0.05, 0) is 37.7 Å². The van der Waals surface area contributed by atoms with Crippen LogP contribution in [-0.4, -0.2) is 37.0 Å². The molecule has 2 aromatic carbocycles. The predicted octanol–water partition coefficient (Wildman–Crippen LogP) is 4.01. The summed E-state index contributed by atoms with van der Waals surface area (Å²) in [7, 11) is 0. The first-order valence-corrected chi connectivity index (χ1v) is 9.34. The molecule has 0 aliphatic heterocycles. The molecule has 0 bridgehead atoms. The third-order valence-corrected chi connectivity index (χ3v) is 4.59. The molecule has 1 unspecified atom stereocenters. The molecule has 0 saturated heterocycles. The zero-order valence-corrected chi connectivity index (χ0v) is 15.9. The Balaban J connectivity index is 1.49. The van der Waals surface area contributed by atoms with Crippen molar-refractivity contribution in [3.63, 3.8) is 0 Å². The summed E-state index contributed by atoms with van der Waals surface area (Å²) in [5.74, 6) is 1.66. The van der Waals surface area contributed by atoms with Crippen LogP contribution >= 0.6 is 0 Å². The molecule has 5 heteroatoms. The number of ether oxygens (including phenoxy) is 1. The number of para-hydroxylation sites is 2. The molecule has 0 aliphatic carbocycles. The molecule has 1 aromatic heterocycles. The second-order valence-corrected chi connectivity index (χ2v) is 6.44. The number of nitrogens with one attached hydrogen (secondary N) is 1. The van der Waals surface area contributed by atoms with Crippen LogP contribution in [0.2, 0.25) is 0 Å². The summed E-state index contributed by atoms with van der Waals surface area (Å²) in [5.41, 5.74) is 0.873. The fourth-order valence-electron chi connectivity index (χ4n) is 3.03. The molecular weight excluding hydrogens is 340 g/mol. The van der Waals surface area contributed by atoms with Gasteiger partial charge in [-0.3, -0.25) is 9.69 Å². The molecular formula is C22H26N2O3. The van der Waals surface area contributed by atoms with Crippen LogP contribution in [-0.2, 0) is 4.79 Å². The number of carbonyl (C=O) groups excluding carboxylic acids is 1. The van der Waals surface area contributed by atoms with E-state index in [1.807, 2.05) is 67.6 Å². The Bertz CT molecular complexity index is 827. The summed E-state index contributed by atoms with van der Waals surface area (Å²) in [6.45, 7) is 6.11. The topological polar surface area (TPSA) is 54.7 Å². The number of fused-ring (bicyclic) bond motifs is 1. The van der Waals surface area contributed by atoms with Gasteiger partial charge in [-0.25, -0.2) is 0 Å². The molecule has 0 aliphatic rings. The van der Waals surface area contributed by atoms with E-state index in [2.05, 4.69) is 17.1 Å². The zero-order valence-electron chi connectivity index (χ0n) is 15.9. The quantitative estimate of drug-likeness (QED) is 0.581. The first-order chi connectivity index (χ1) is 13.2. The van der Waals surface area contributed by atoms with Gasteiger partial charge in [0.2, 0.25) is 5.91 Å². The Morgan fingerprint density at radius 2 is 1.89 bits per heavy atom. The molecule has 5 nitrogen and oxygen atoms in total. The van der Waals surface area contributed by atoms with Gasteiger partial charge in [-0.1, -0.05) is 43.3 Å². The van der Waals surface area contributed by atoms with E-state index in [0.717, 1.165) is 29.0 Å². The highest BCUT2D eigenvalue weighted by Gasteiger charge is 2.20. The average molecular weight is 366 g/mol. The highest BCUT2D eigenvalue weighted by Crippen LogP contribution is 2.27. The summed E-state index contributed by atoms with van der Waals surface area (Å²) in [6, 6.07) is 19.6. The van der Waals surface area contributed by atoms with Gasteiger partial charge in [0.25, 0.3) is 0 Å². The molecule has 27 heavy (non-hydrogen) atoms. The van der Waals surface area contributed by atoms with Crippen molar-refractivity contribution in [2.45, 2.75) is 19.9 Å². The first kappa shape index (κ1) is 19.0. The Labute approximate surface area is 159 Å². The van der Waals surface area contributed by atoms with Crippen molar-refractivity contribution in [3.8, 4) is 5.75 Å². The predicted molar refractivity (Wildman–Crippen MR) is 107 cm³/mol. The van der Waals surface area contributed by atoms with Gasteiger partial charge in [0.15, 0.2) is 0 Å². The normalized spacial score (nSPS) is 12.3. The minimum Gasteiger partial charge on any atom is -0.492 e. The lowest BCUT2D eigenvalue weighted by Gasteiger charge is -2.25. The van der Waals surface area contributed by atoms with Crippen molar-refractivity contribution in [2.24, 2.45) is 0 Å². The summed E-state index contributed by atoms with van der Waals surface area (Å²) in [4.78, 5) is 14.4. The van der Waals surface area contributed by atoms with Crippen LogP contribution in [0.3, 0.4) is 0 Å². The van der Waals surface area contributed by atoms with Crippen LogP contribution in [0.4, 0.5) is 0 Å². The van der Waals surface area contributed by atoms with Crippen LogP contribution in [0.1, 0.15) is 25.6 Å². The van der Waals surface area contributed by atoms with Crippen molar-refractivity contribution in [2.75, 3.05) is 26.2 Å². The monoisotopic (exact) mass is 366 g/mol. The van der Waals surface area contributed by atoms with E-state index in [4.69, 9.17) is 9.15 Å². The number of likely N-dealkylation sites (N-methyl/N-ethyl adjacent to an activating group) is 1. The number of benzene rings is 2. The number of hydrogen-bond donors (Lipinski definition) is 1. The number of furan rings is 1. The minimum absolute atomic E-state index is 0.0172. The fraction of sp³-hybridized carbons (Fsp3) is 0.318. The van der Waals surface area contributed by atoms with E-state index in [9.17, 15) is 4.79 Å². The van der Waals surface area contributed by atoms with Gasteiger partial charge in [0.05, 0.1) is 19.1 Å². The van der Waals surface area contributed by atoms with Crippen molar-refractivity contribution < 1.29 is 13.9 Å². The highest BCUT2D eigenvalue weighted by molar-refractivity contribution is 5.79. The maximum Gasteiger partial charge on any atom is 0.234 e. The lowest BCUT2D eigenvalue weighted by atomic mass is 10.2. The number of carbonyl (C=O) groups is 1. The third kappa shape index (κ3) is 5.11. The molecule has 0 saturated carbocycles. The second-order valence-electron chi connectivity index (χ2n) is 6.44. The van der Waals surface area contributed by atoms with Gasteiger partial charge >= 0.3 is 0 Å². The standard InChI is InChI=1S/C22H26N2O3/c1-3-24(17(2)21-15-18-9-7-8-12-20(18)27-21)16-22(25)23-13-14-26-19-10-5-4-6-11-19/h4-12,15,17H,3,13-14,16H2,1-2H3,(H,23,25). The third-order valence-electron chi connectivity index (χ3n) is 4.59. The summed E-state index contributed by atoms with van der Waals surface area (Å²) < 4.78 is 11.5. The van der Waals surface area contributed by atoms with Crippen molar-refractivity contribution in [1.29, 1.82) is 0 Å². The van der Waals surface area contributed by atoms with Gasteiger partial charge < -0.3 is 14.5 Å². The fourth-order valence-corrected chi connectivity index (χ4v) is 3.03. The van der Waals surface area contributed by atoms with E-state index in [1.54, 1.807) is 0 Å². The van der Waals surface area contributed by atoms with Crippen molar-refractivity contribution in [3.05, 3.63) is 66.4 Å². The van der Waals surface area contributed by atoms with Gasteiger partial charge in [-0.2, -0.15) is 0 Å². The molecule has 0 fully saturated rings. The molecule has 1 N–H and O–H groups in total. The Morgan fingerprint density at radius 3 is 2.63 bits per heavy atom. The molecule has 1 amide bonds. The van der Waals surface area contributed by atoms with Crippen LogP contribution in [0, 0.1) is 0 Å². The van der Waals surface area contributed by atoms with Gasteiger partial charge in [0, 0.05) is 5.39 Å². The Kier molecular flexibility index (Phi) is 6.49. The highest BCUT2D eigenvalue weighted by atomic mass is 16.5. The second kappa shape index (κ2) is 9.24. The first-order valence-electron chi connectivity index (χ1n) is 9.34. The maximum absolute atomic E-state index is 12.3. The van der Waals surface area contributed by atoms with Crippen LogP contribution in [0.15, 0.2) is 65.1 Å². The van der Waals surface area contributed by atoms with E-state index in [0.29, 0.717) is 19.7 Å². The van der Waals surface area contributed by atoms with E-state index in [1.165, 1.54) is 0 Å². The molecule has 1 heterocycles. The lowest BCUT2D eigenvalue weighted by molar-refractivity contribution is -0.122. The van der Waals surface area contributed by atoms with Crippen LogP contribution in [0.25, 0.3) is 11.0 Å². The van der Waals surface area contributed by atoms with E-state index in [-0.39, 0.29) is 11.9 Å². The van der Waals surface area contributed by atoms with Crippen LogP contribution < -0.4 is 10.1 Å². The number of nitrogens with zero attached hydrogens (tertiary/aromatic N) is 1. The molecule has 3 rings (SSSR count). The van der Waals surface area contributed by atoms with Crippen molar-refractivity contribution >= 4 is 16.9 Å². The molecule has 0 spiro atoms. The Morgan fingerprint density at radius 1 is 1.15 bits per heavy atom. The zero-order chi connectivity index (χ0) is 19.1. The van der Waals surface area contributed by atoms with Crippen LogP contribution in [0.5, 0.6) is 5.75 Å². The van der Waals surface area contributed by atoms with E-state index >= 15 is 0 Å². The SMILES string of the molecule is CCN(CC(=O)NCCOc1ccccc1)C(C)c1cc2ccccc2o1. The number of hydrogen-bond acceptors (Lipinski definition) is 4. The smallest absolute Gasteiger partial charge is 0.234 e. The molecule has 1 atom stereocenters. The summed E-state index contributed by atoms with van der Waals surface area (Å²) >= 11 is 0.